The van der Waals surface area contributed by atoms with Crippen molar-refractivity contribution < 1.29 is 13.9 Å². The zero-order chi connectivity index (χ0) is 14.4. The van der Waals surface area contributed by atoms with E-state index in [2.05, 4.69) is 10.3 Å². The Labute approximate surface area is 115 Å². The number of aromatic nitrogens is 1. The van der Waals surface area contributed by atoms with Crippen molar-refractivity contribution in [1.29, 1.82) is 5.26 Å². The van der Waals surface area contributed by atoms with E-state index in [0.717, 1.165) is 0 Å². The molecule has 0 saturated heterocycles. The highest BCUT2D eigenvalue weighted by Gasteiger charge is 2.10. The number of nitrogens with one attached hydrogen (secondary N) is 1. The van der Waals surface area contributed by atoms with Crippen LogP contribution in [0.3, 0.4) is 0 Å². The number of furan rings is 1. The molecular weight excluding hydrogens is 258 g/mol. The number of hydrogen-bond donors (Lipinski definition) is 1. The van der Waals surface area contributed by atoms with Crippen molar-refractivity contribution in [2.24, 2.45) is 0 Å². The number of rotatable bonds is 4. The normalized spacial score (nSPS) is 10.7. The van der Waals surface area contributed by atoms with Gasteiger partial charge in [0, 0.05) is 12.1 Å². The monoisotopic (exact) mass is 269 g/mol. The summed E-state index contributed by atoms with van der Waals surface area (Å²) < 4.78 is 9.97. The summed E-state index contributed by atoms with van der Waals surface area (Å²) in [5.41, 5.74) is 0.409. The Balaban J connectivity index is 2.11. The van der Waals surface area contributed by atoms with Gasteiger partial charge >= 0.3 is 0 Å². The van der Waals surface area contributed by atoms with Gasteiger partial charge in [0.05, 0.1) is 25.3 Å². The van der Waals surface area contributed by atoms with Gasteiger partial charge in [-0.1, -0.05) is 0 Å². The van der Waals surface area contributed by atoms with E-state index >= 15 is 0 Å². The first kappa shape index (κ1) is 13.4. The van der Waals surface area contributed by atoms with Crippen LogP contribution >= 0.6 is 0 Å². The van der Waals surface area contributed by atoms with Crippen molar-refractivity contribution in [3.8, 4) is 11.9 Å². The summed E-state index contributed by atoms with van der Waals surface area (Å²) in [6.07, 6.45) is 4.27. The minimum Gasteiger partial charge on any atom is -0.481 e. The molecule has 2 aromatic rings. The minimum atomic E-state index is -0.532. The lowest BCUT2D eigenvalue weighted by Crippen LogP contribution is -2.13. The van der Waals surface area contributed by atoms with Crippen LogP contribution in [0.15, 0.2) is 46.7 Å². The number of ether oxygens (including phenoxy) is 1. The van der Waals surface area contributed by atoms with Gasteiger partial charge in [0.1, 0.15) is 17.4 Å². The average molecular weight is 269 g/mol. The van der Waals surface area contributed by atoms with Gasteiger partial charge in [0.25, 0.3) is 5.91 Å². The summed E-state index contributed by atoms with van der Waals surface area (Å²) in [5, 5.41) is 11.6. The zero-order valence-electron chi connectivity index (χ0n) is 10.7. The van der Waals surface area contributed by atoms with E-state index in [1.807, 2.05) is 6.07 Å². The van der Waals surface area contributed by atoms with E-state index in [9.17, 15) is 4.79 Å². The lowest BCUT2D eigenvalue weighted by atomic mass is 10.2. The molecule has 0 spiro atoms. The molecule has 1 amide bonds. The summed E-state index contributed by atoms with van der Waals surface area (Å²) in [7, 11) is 1.50. The quantitative estimate of drug-likeness (QED) is 0.679. The molecule has 6 nitrogen and oxygen atoms in total. The van der Waals surface area contributed by atoms with Gasteiger partial charge in [-0.3, -0.25) is 4.79 Å². The molecule has 0 saturated carbocycles. The van der Waals surface area contributed by atoms with Crippen molar-refractivity contribution in [1.82, 2.24) is 4.98 Å². The van der Waals surface area contributed by atoms with Gasteiger partial charge in [-0.15, -0.1) is 0 Å². The second-order valence-electron chi connectivity index (χ2n) is 3.73. The van der Waals surface area contributed by atoms with Crippen molar-refractivity contribution in [2.45, 2.75) is 0 Å². The molecule has 0 unspecified atom stereocenters. The number of nitriles is 1. The van der Waals surface area contributed by atoms with E-state index in [4.69, 9.17) is 14.4 Å². The Morgan fingerprint density at radius 3 is 2.90 bits per heavy atom. The van der Waals surface area contributed by atoms with Crippen LogP contribution in [0.1, 0.15) is 5.76 Å². The molecule has 0 atom stereocenters. The zero-order valence-corrected chi connectivity index (χ0v) is 10.7. The molecule has 0 aliphatic carbocycles. The van der Waals surface area contributed by atoms with Crippen molar-refractivity contribution in [2.75, 3.05) is 12.4 Å². The Morgan fingerprint density at radius 2 is 2.35 bits per heavy atom. The molecular formula is C14H11N3O3. The Kier molecular flexibility index (Phi) is 4.14. The first-order valence-corrected chi connectivity index (χ1v) is 5.69. The molecule has 1 N–H and O–H groups in total. The predicted molar refractivity (Wildman–Crippen MR) is 71.7 cm³/mol. The van der Waals surface area contributed by atoms with E-state index in [1.165, 1.54) is 25.6 Å². The van der Waals surface area contributed by atoms with Crippen LogP contribution in [0.2, 0.25) is 0 Å². The molecule has 2 rings (SSSR count). The van der Waals surface area contributed by atoms with Crippen LogP contribution in [0, 0.1) is 11.3 Å². The number of carbonyl (C=O) groups is 1. The van der Waals surface area contributed by atoms with E-state index in [-0.39, 0.29) is 5.57 Å². The second-order valence-corrected chi connectivity index (χ2v) is 3.73. The standard InChI is InChI=1S/C14H11N3O3/c1-19-13-5-4-11(9-16-13)17-14(18)10(8-15)7-12-3-2-6-20-12/h2-7,9H,1H3,(H,17,18)/b10-7+. The number of nitrogens with zero attached hydrogens (tertiary/aromatic N) is 2. The minimum absolute atomic E-state index is 0.0595. The van der Waals surface area contributed by atoms with Gasteiger partial charge in [0.2, 0.25) is 5.88 Å². The van der Waals surface area contributed by atoms with Gasteiger partial charge in [0.15, 0.2) is 0 Å². The van der Waals surface area contributed by atoms with Crippen molar-refractivity contribution >= 4 is 17.7 Å². The summed E-state index contributed by atoms with van der Waals surface area (Å²) >= 11 is 0. The number of hydrogen-bond acceptors (Lipinski definition) is 5. The molecule has 0 aromatic carbocycles. The van der Waals surface area contributed by atoms with E-state index in [0.29, 0.717) is 17.3 Å². The van der Waals surface area contributed by atoms with E-state index in [1.54, 1.807) is 24.3 Å². The Hall–Kier alpha value is -3.07. The lowest BCUT2D eigenvalue weighted by molar-refractivity contribution is -0.112. The molecule has 0 aliphatic heterocycles. The molecule has 2 aromatic heterocycles. The lowest BCUT2D eigenvalue weighted by Gasteiger charge is -2.04. The SMILES string of the molecule is COc1ccc(NC(=O)/C(C#N)=C/c2ccco2)cn1. The van der Waals surface area contributed by atoms with E-state index < -0.39 is 5.91 Å². The van der Waals surface area contributed by atoms with Crippen LogP contribution < -0.4 is 10.1 Å². The highest BCUT2D eigenvalue weighted by Crippen LogP contribution is 2.13. The Morgan fingerprint density at radius 1 is 1.50 bits per heavy atom. The number of methoxy groups -OCH3 is 1. The Bertz CT molecular complexity index is 652. The van der Waals surface area contributed by atoms with Crippen LogP contribution in [0.4, 0.5) is 5.69 Å². The smallest absolute Gasteiger partial charge is 0.266 e. The maximum Gasteiger partial charge on any atom is 0.266 e. The molecule has 0 fully saturated rings. The molecule has 2 heterocycles. The summed E-state index contributed by atoms with van der Waals surface area (Å²) in [5.74, 6) is 0.343. The van der Waals surface area contributed by atoms with Gasteiger partial charge in [-0.2, -0.15) is 5.26 Å². The highest BCUT2D eigenvalue weighted by molar-refractivity contribution is 6.09. The summed E-state index contributed by atoms with van der Waals surface area (Å²) in [6.45, 7) is 0. The number of amides is 1. The molecule has 0 radical (unpaired) electrons. The number of carbonyl (C=O) groups excluding carboxylic acids is 1. The number of anilines is 1. The maximum atomic E-state index is 11.9. The highest BCUT2D eigenvalue weighted by atomic mass is 16.5. The first-order chi connectivity index (χ1) is 9.72. The average Bonchev–Trinajstić information content (AvgIpc) is 2.98. The third-order valence-electron chi connectivity index (χ3n) is 2.40. The van der Waals surface area contributed by atoms with Gasteiger partial charge in [-0.25, -0.2) is 4.98 Å². The van der Waals surface area contributed by atoms with Crippen molar-refractivity contribution in [3.05, 3.63) is 48.1 Å². The topological polar surface area (TPSA) is 88.1 Å². The third-order valence-corrected chi connectivity index (χ3v) is 2.40. The predicted octanol–water partition coefficient (Wildman–Crippen LogP) is 2.23. The van der Waals surface area contributed by atoms with Gasteiger partial charge in [-0.05, 0) is 18.2 Å². The van der Waals surface area contributed by atoms with Crippen LogP contribution in [0.25, 0.3) is 6.08 Å². The third kappa shape index (κ3) is 3.23. The van der Waals surface area contributed by atoms with Crippen LogP contribution in [0.5, 0.6) is 5.88 Å². The summed E-state index contributed by atoms with van der Waals surface area (Å²) in [4.78, 5) is 15.9. The van der Waals surface area contributed by atoms with Crippen LogP contribution in [-0.4, -0.2) is 18.0 Å². The largest absolute Gasteiger partial charge is 0.481 e. The molecule has 0 bridgehead atoms. The molecule has 6 heteroatoms. The summed E-state index contributed by atoms with van der Waals surface area (Å²) in [6, 6.07) is 8.39. The maximum absolute atomic E-state index is 11.9. The molecule has 20 heavy (non-hydrogen) atoms. The fraction of sp³-hybridized carbons (Fsp3) is 0.0714. The van der Waals surface area contributed by atoms with Gasteiger partial charge < -0.3 is 14.5 Å². The molecule has 0 aliphatic rings. The number of pyridine rings is 1. The fourth-order valence-electron chi connectivity index (χ4n) is 1.44. The fourth-order valence-corrected chi connectivity index (χ4v) is 1.44. The van der Waals surface area contributed by atoms with Crippen molar-refractivity contribution in [3.63, 3.8) is 0 Å². The molecule has 100 valence electrons. The second kappa shape index (κ2) is 6.20. The van der Waals surface area contributed by atoms with Crippen LogP contribution in [-0.2, 0) is 4.79 Å². The first-order valence-electron chi connectivity index (χ1n) is 5.69.